The van der Waals surface area contributed by atoms with Crippen molar-refractivity contribution in [1.29, 1.82) is 0 Å². The fourth-order valence-electron chi connectivity index (χ4n) is 3.71. The Morgan fingerprint density at radius 1 is 1.03 bits per heavy atom. The van der Waals surface area contributed by atoms with Crippen LogP contribution in [0.15, 0.2) is 60.0 Å². The van der Waals surface area contributed by atoms with Gasteiger partial charge in [-0.25, -0.2) is 17.7 Å². The minimum Gasteiger partial charge on any atom is -0.302 e. The third-order valence-electron chi connectivity index (χ3n) is 5.61. The maximum atomic E-state index is 12.6. The molecule has 31 heavy (non-hydrogen) atoms. The molecule has 0 aliphatic carbocycles. The lowest BCUT2D eigenvalue weighted by molar-refractivity contribution is -0.120. The van der Waals surface area contributed by atoms with E-state index in [0.717, 1.165) is 22.4 Å². The summed E-state index contributed by atoms with van der Waals surface area (Å²) in [6.45, 7) is 2.43. The number of hydrogen-bond donors (Lipinski definition) is 1. The van der Waals surface area contributed by atoms with Crippen LogP contribution in [-0.4, -0.2) is 42.5 Å². The van der Waals surface area contributed by atoms with E-state index in [-0.39, 0.29) is 17.6 Å². The second-order valence-electron chi connectivity index (χ2n) is 7.54. The highest BCUT2D eigenvalue weighted by Gasteiger charge is 2.30. The summed E-state index contributed by atoms with van der Waals surface area (Å²) in [6, 6.07) is 18.4. The normalized spacial score (nSPS) is 15.6. The molecular weight excluding hydrogens is 430 g/mol. The van der Waals surface area contributed by atoms with Crippen molar-refractivity contribution in [1.82, 2.24) is 9.29 Å². The molecule has 1 fully saturated rings. The van der Waals surface area contributed by atoms with Crippen molar-refractivity contribution in [3.63, 3.8) is 0 Å². The Bertz CT molecular complexity index is 1130. The molecule has 1 aliphatic heterocycles. The molecule has 1 aliphatic rings. The van der Waals surface area contributed by atoms with E-state index in [1.807, 2.05) is 35.7 Å². The highest BCUT2D eigenvalue weighted by Crippen LogP contribution is 2.28. The molecule has 0 unspecified atom stereocenters. The first-order valence-electron chi connectivity index (χ1n) is 10.4. The number of sulfonamides is 1. The molecule has 0 radical (unpaired) electrons. The van der Waals surface area contributed by atoms with E-state index >= 15 is 0 Å². The van der Waals surface area contributed by atoms with E-state index in [1.54, 1.807) is 6.92 Å². The van der Waals surface area contributed by atoms with Crippen molar-refractivity contribution in [3.8, 4) is 22.4 Å². The summed E-state index contributed by atoms with van der Waals surface area (Å²) >= 11 is 1.40. The zero-order chi connectivity index (χ0) is 21.8. The summed E-state index contributed by atoms with van der Waals surface area (Å²) in [5.41, 5.74) is 4.13. The number of thiazole rings is 1. The molecule has 2 aromatic carbocycles. The standard InChI is InChI=1S/C23H25N3O3S2/c1-2-31(28,29)26-14-12-20(13-15-26)22(27)25-23-24-21(16-30-23)19-10-8-18(9-11-19)17-6-4-3-5-7-17/h3-11,16,20H,2,12-15H2,1H3,(H,24,25,27). The number of nitrogens with zero attached hydrogens (tertiary/aromatic N) is 2. The smallest absolute Gasteiger partial charge is 0.229 e. The molecule has 2 heterocycles. The second-order valence-corrected chi connectivity index (χ2v) is 10.7. The summed E-state index contributed by atoms with van der Waals surface area (Å²) in [5, 5.41) is 5.41. The quantitative estimate of drug-likeness (QED) is 0.594. The first kappa shape index (κ1) is 21.7. The molecule has 3 aromatic rings. The van der Waals surface area contributed by atoms with Crippen LogP contribution in [0.1, 0.15) is 19.8 Å². The molecule has 6 nitrogen and oxygen atoms in total. The summed E-state index contributed by atoms with van der Waals surface area (Å²) < 4.78 is 25.4. The fourth-order valence-corrected chi connectivity index (χ4v) is 5.57. The number of carbonyl (C=O) groups excluding carboxylic acids is 1. The number of carbonyl (C=O) groups is 1. The Hall–Kier alpha value is -2.55. The van der Waals surface area contributed by atoms with E-state index in [4.69, 9.17) is 0 Å². The van der Waals surface area contributed by atoms with Gasteiger partial charge in [-0.3, -0.25) is 4.79 Å². The average Bonchev–Trinajstić information content (AvgIpc) is 3.28. The summed E-state index contributed by atoms with van der Waals surface area (Å²) in [6.07, 6.45) is 1.06. The number of nitrogens with one attached hydrogen (secondary N) is 1. The van der Waals surface area contributed by atoms with Crippen LogP contribution < -0.4 is 5.32 Å². The summed E-state index contributed by atoms with van der Waals surface area (Å²) in [5.74, 6) is -0.187. The minimum atomic E-state index is -3.19. The largest absolute Gasteiger partial charge is 0.302 e. The van der Waals surface area contributed by atoms with Crippen molar-refractivity contribution < 1.29 is 13.2 Å². The van der Waals surface area contributed by atoms with Gasteiger partial charge in [-0.1, -0.05) is 54.6 Å². The molecule has 162 valence electrons. The van der Waals surface area contributed by atoms with Crippen LogP contribution in [0.25, 0.3) is 22.4 Å². The first-order chi connectivity index (χ1) is 15.0. The van der Waals surface area contributed by atoms with Crippen molar-refractivity contribution in [2.24, 2.45) is 5.92 Å². The third kappa shape index (κ3) is 5.03. The van der Waals surface area contributed by atoms with E-state index < -0.39 is 10.0 Å². The predicted octanol–water partition coefficient (Wildman–Crippen LogP) is 4.48. The first-order valence-corrected chi connectivity index (χ1v) is 12.9. The van der Waals surface area contributed by atoms with Gasteiger partial charge in [0.05, 0.1) is 11.4 Å². The third-order valence-corrected chi connectivity index (χ3v) is 8.24. The molecule has 0 saturated carbocycles. The molecule has 8 heteroatoms. The van der Waals surface area contributed by atoms with Gasteiger partial charge in [-0.05, 0) is 30.9 Å². The SMILES string of the molecule is CCS(=O)(=O)N1CCC(C(=O)Nc2nc(-c3ccc(-c4ccccc4)cc3)cs2)CC1. The number of anilines is 1. The number of amides is 1. The van der Waals surface area contributed by atoms with Crippen molar-refractivity contribution >= 4 is 32.4 Å². The fraction of sp³-hybridized carbons (Fsp3) is 0.304. The van der Waals surface area contributed by atoms with Gasteiger partial charge in [0.2, 0.25) is 15.9 Å². The number of benzene rings is 2. The van der Waals surface area contributed by atoms with Crippen molar-refractivity contribution in [2.45, 2.75) is 19.8 Å². The van der Waals surface area contributed by atoms with E-state index in [1.165, 1.54) is 15.6 Å². The topological polar surface area (TPSA) is 79.4 Å². The van der Waals surface area contributed by atoms with Crippen LogP contribution in [0.4, 0.5) is 5.13 Å². The van der Waals surface area contributed by atoms with Gasteiger partial charge in [-0.15, -0.1) is 11.3 Å². The van der Waals surface area contributed by atoms with Gasteiger partial charge in [0.25, 0.3) is 0 Å². The van der Waals surface area contributed by atoms with Gasteiger partial charge in [0.15, 0.2) is 5.13 Å². The second kappa shape index (κ2) is 9.30. The average molecular weight is 456 g/mol. The van der Waals surface area contributed by atoms with Crippen molar-refractivity contribution in [2.75, 3.05) is 24.2 Å². The van der Waals surface area contributed by atoms with E-state index in [2.05, 4.69) is 34.6 Å². The molecule has 1 saturated heterocycles. The number of piperidine rings is 1. The molecular formula is C23H25N3O3S2. The molecule has 0 spiro atoms. The Morgan fingerprint density at radius 2 is 1.65 bits per heavy atom. The maximum Gasteiger partial charge on any atom is 0.229 e. The zero-order valence-electron chi connectivity index (χ0n) is 17.3. The Balaban J connectivity index is 1.37. The maximum absolute atomic E-state index is 12.6. The highest BCUT2D eigenvalue weighted by molar-refractivity contribution is 7.89. The Morgan fingerprint density at radius 3 is 2.29 bits per heavy atom. The van der Waals surface area contributed by atoms with Gasteiger partial charge in [0, 0.05) is 30.0 Å². The van der Waals surface area contributed by atoms with Gasteiger partial charge in [0.1, 0.15) is 0 Å². The van der Waals surface area contributed by atoms with Gasteiger partial charge < -0.3 is 5.32 Å². The Kier molecular flexibility index (Phi) is 6.50. The number of hydrogen-bond acceptors (Lipinski definition) is 5. The van der Waals surface area contributed by atoms with Crippen molar-refractivity contribution in [3.05, 3.63) is 60.0 Å². The lowest BCUT2D eigenvalue weighted by Gasteiger charge is -2.30. The summed E-state index contributed by atoms with van der Waals surface area (Å²) in [4.78, 5) is 17.2. The lowest BCUT2D eigenvalue weighted by Crippen LogP contribution is -2.42. The highest BCUT2D eigenvalue weighted by atomic mass is 32.2. The lowest BCUT2D eigenvalue weighted by atomic mass is 9.97. The van der Waals surface area contributed by atoms with Crippen LogP contribution >= 0.6 is 11.3 Å². The van der Waals surface area contributed by atoms with E-state index in [0.29, 0.717) is 31.1 Å². The molecule has 1 aromatic heterocycles. The van der Waals surface area contributed by atoms with Crippen LogP contribution in [0.3, 0.4) is 0 Å². The molecule has 1 N–H and O–H groups in total. The van der Waals surface area contributed by atoms with Gasteiger partial charge in [-0.2, -0.15) is 0 Å². The van der Waals surface area contributed by atoms with Gasteiger partial charge >= 0.3 is 0 Å². The predicted molar refractivity (Wildman–Crippen MR) is 125 cm³/mol. The number of rotatable bonds is 6. The number of aromatic nitrogens is 1. The molecule has 0 atom stereocenters. The summed E-state index contributed by atoms with van der Waals surface area (Å²) in [7, 11) is -3.19. The van der Waals surface area contributed by atoms with Crippen LogP contribution in [0, 0.1) is 5.92 Å². The monoisotopic (exact) mass is 455 g/mol. The van der Waals surface area contributed by atoms with Crippen LogP contribution in [-0.2, 0) is 14.8 Å². The Labute approximate surface area is 187 Å². The van der Waals surface area contributed by atoms with Crippen LogP contribution in [0.2, 0.25) is 0 Å². The molecule has 0 bridgehead atoms. The molecule has 1 amide bonds. The zero-order valence-corrected chi connectivity index (χ0v) is 19.0. The van der Waals surface area contributed by atoms with E-state index in [9.17, 15) is 13.2 Å². The van der Waals surface area contributed by atoms with Crippen LogP contribution in [0.5, 0.6) is 0 Å². The molecule has 4 rings (SSSR count). The minimum absolute atomic E-state index is 0.0890.